The van der Waals surface area contributed by atoms with E-state index in [1.165, 1.54) is 12.1 Å². The SMILES string of the molecule is CS(=O)(=O)c1cccc(C(=O)NCCN2CCOCC2)c1. The summed E-state index contributed by atoms with van der Waals surface area (Å²) in [6.45, 7) is 4.50. The van der Waals surface area contributed by atoms with Crippen LogP contribution >= 0.6 is 0 Å². The van der Waals surface area contributed by atoms with Crippen molar-refractivity contribution in [3.63, 3.8) is 0 Å². The molecule has 0 aliphatic carbocycles. The smallest absolute Gasteiger partial charge is 0.251 e. The summed E-state index contributed by atoms with van der Waals surface area (Å²) in [6, 6.07) is 6.07. The van der Waals surface area contributed by atoms with Crippen LogP contribution < -0.4 is 5.32 Å². The highest BCUT2D eigenvalue weighted by molar-refractivity contribution is 7.90. The monoisotopic (exact) mass is 312 g/mol. The van der Waals surface area contributed by atoms with Crippen molar-refractivity contribution in [3.8, 4) is 0 Å². The van der Waals surface area contributed by atoms with Crippen molar-refractivity contribution in [2.45, 2.75) is 4.90 Å². The number of morpholine rings is 1. The Balaban J connectivity index is 1.88. The Labute approximate surface area is 125 Å². The third-order valence-corrected chi connectivity index (χ3v) is 4.45. The molecular weight excluding hydrogens is 292 g/mol. The van der Waals surface area contributed by atoms with Crippen LogP contribution in [0.4, 0.5) is 0 Å². The fourth-order valence-electron chi connectivity index (χ4n) is 2.12. The predicted octanol–water partition coefficient (Wildman–Crippen LogP) is 0.152. The number of sulfone groups is 1. The zero-order chi connectivity index (χ0) is 15.3. The number of benzene rings is 1. The highest BCUT2D eigenvalue weighted by Crippen LogP contribution is 2.11. The van der Waals surface area contributed by atoms with Gasteiger partial charge in [-0.05, 0) is 18.2 Å². The zero-order valence-electron chi connectivity index (χ0n) is 12.0. The van der Waals surface area contributed by atoms with Gasteiger partial charge in [-0.15, -0.1) is 0 Å². The number of carbonyl (C=O) groups is 1. The van der Waals surface area contributed by atoms with Gasteiger partial charge < -0.3 is 10.1 Å². The molecule has 21 heavy (non-hydrogen) atoms. The summed E-state index contributed by atoms with van der Waals surface area (Å²) in [5.41, 5.74) is 0.361. The first kappa shape index (κ1) is 15.9. The summed E-state index contributed by atoms with van der Waals surface area (Å²) >= 11 is 0. The Hall–Kier alpha value is -1.44. The first-order chi connectivity index (χ1) is 9.97. The van der Waals surface area contributed by atoms with Crippen LogP contribution in [0.25, 0.3) is 0 Å². The minimum Gasteiger partial charge on any atom is -0.379 e. The first-order valence-corrected chi connectivity index (χ1v) is 8.74. The average Bonchev–Trinajstić information content (AvgIpc) is 2.47. The van der Waals surface area contributed by atoms with Crippen LogP contribution in [-0.2, 0) is 14.6 Å². The van der Waals surface area contributed by atoms with Gasteiger partial charge in [0.25, 0.3) is 5.91 Å². The lowest BCUT2D eigenvalue weighted by Crippen LogP contribution is -2.41. The largest absolute Gasteiger partial charge is 0.379 e. The van der Waals surface area contributed by atoms with E-state index in [2.05, 4.69) is 10.2 Å². The predicted molar refractivity (Wildman–Crippen MR) is 79.1 cm³/mol. The molecule has 2 rings (SSSR count). The van der Waals surface area contributed by atoms with Crippen LogP contribution in [0.5, 0.6) is 0 Å². The van der Waals surface area contributed by atoms with Crippen LogP contribution in [0.3, 0.4) is 0 Å². The van der Waals surface area contributed by atoms with E-state index in [0.29, 0.717) is 12.1 Å². The van der Waals surface area contributed by atoms with Crippen LogP contribution in [0.15, 0.2) is 29.2 Å². The minimum atomic E-state index is -3.30. The van der Waals surface area contributed by atoms with Crippen molar-refractivity contribution in [2.24, 2.45) is 0 Å². The first-order valence-electron chi connectivity index (χ1n) is 6.85. The van der Waals surface area contributed by atoms with E-state index in [-0.39, 0.29) is 10.8 Å². The molecule has 0 spiro atoms. The van der Waals surface area contributed by atoms with Crippen LogP contribution in [-0.4, -0.2) is 64.9 Å². The highest BCUT2D eigenvalue weighted by atomic mass is 32.2. The lowest BCUT2D eigenvalue weighted by molar-refractivity contribution is 0.0383. The summed E-state index contributed by atoms with van der Waals surface area (Å²) in [5.74, 6) is -0.256. The number of hydrogen-bond donors (Lipinski definition) is 1. The second kappa shape index (κ2) is 7.02. The lowest BCUT2D eigenvalue weighted by Gasteiger charge is -2.26. The molecule has 1 saturated heterocycles. The number of nitrogens with zero attached hydrogens (tertiary/aromatic N) is 1. The van der Waals surface area contributed by atoms with E-state index in [4.69, 9.17) is 4.74 Å². The maximum atomic E-state index is 12.0. The summed E-state index contributed by atoms with van der Waals surface area (Å²) in [6.07, 6.45) is 1.13. The molecule has 1 N–H and O–H groups in total. The maximum Gasteiger partial charge on any atom is 0.251 e. The van der Waals surface area contributed by atoms with Crippen molar-refractivity contribution >= 4 is 15.7 Å². The van der Waals surface area contributed by atoms with Gasteiger partial charge in [0, 0.05) is 38.0 Å². The number of carbonyl (C=O) groups excluding carboxylic acids is 1. The second-order valence-electron chi connectivity index (χ2n) is 5.01. The Bertz CT molecular complexity index is 595. The summed E-state index contributed by atoms with van der Waals surface area (Å²) in [4.78, 5) is 14.4. The molecule has 1 fully saturated rings. The number of nitrogens with one attached hydrogen (secondary N) is 1. The Morgan fingerprint density at radius 1 is 1.33 bits per heavy atom. The number of hydrogen-bond acceptors (Lipinski definition) is 5. The van der Waals surface area contributed by atoms with E-state index in [1.807, 2.05) is 0 Å². The van der Waals surface area contributed by atoms with Gasteiger partial charge >= 0.3 is 0 Å². The Morgan fingerprint density at radius 2 is 2.05 bits per heavy atom. The fraction of sp³-hybridized carbons (Fsp3) is 0.500. The molecule has 1 heterocycles. The van der Waals surface area contributed by atoms with E-state index < -0.39 is 9.84 Å². The van der Waals surface area contributed by atoms with Gasteiger partial charge in [-0.3, -0.25) is 9.69 Å². The zero-order valence-corrected chi connectivity index (χ0v) is 12.9. The summed E-state index contributed by atoms with van der Waals surface area (Å²) in [5, 5.41) is 2.81. The maximum absolute atomic E-state index is 12.0. The van der Waals surface area contributed by atoms with Gasteiger partial charge in [0.2, 0.25) is 0 Å². The summed E-state index contributed by atoms with van der Waals surface area (Å²) < 4.78 is 28.2. The van der Waals surface area contributed by atoms with Crippen molar-refractivity contribution in [1.29, 1.82) is 0 Å². The molecule has 1 aliphatic rings. The number of amides is 1. The topological polar surface area (TPSA) is 75.7 Å². The molecule has 1 aromatic carbocycles. The van der Waals surface area contributed by atoms with E-state index in [9.17, 15) is 13.2 Å². The molecule has 0 unspecified atom stereocenters. The molecule has 1 amide bonds. The normalized spacial score (nSPS) is 16.6. The van der Waals surface area contributed by atoms with E-state index in [0.717, 1.165) is 39.1 Å². The van der Waals surface area contributed by atoms with Gasteiger partial charge in [0.1, 0.15) is 0 Å². The highest BCUT2D eigenvalue weighted by Gasteiger charge is 2.13. The molecule has 0 atom stereocenters. The summed E-state index contributed by atoms with van der Waals surface area (Å²) in [7, 11) is -3.30. The van der Waals surface area contributed by atoms with Crippen molar-refractivity contribution in [1.82, 2.24) is 10.2 Å². The van der Waals surface area contributed by atoms with Gasteiger partial charge in [0.05, 0.1) is 18.1 Å². The van der Waals surface area contributed by atoms with Crippen molar-refractivity contribution in [2.75, 3.05) is 45.6 Å². The molecule has 7 heteroatoms. The average molecular weight is 312 g/mol. The van der Waals surface area contributed by atoms with Crippen molar-refractivity contribution in [3.05, 3.63) is 29.8 Å². The van der Waals surface area contributed by atoms with Crippen LogP contribution in [0, 0.1) is 0 Å². The number of rotatable bonds is 5. The van der Waals surface area contributed by atoms with Crippen molar-refractivity contribution < 1.29 is 17.9 Å². The molecule has 0 radical (unpaired) electrons. The second-order valence-corrected chi connectivity index (χ2v) is 7.03. The molecule has 116 valence electrons. The van der Waals surface area contributed by atoms with Gasteiger partial charge in [0.15, 0.2) is 9.84 Å². The van der Waals surface area contributed by atoms with Gasteiger partial charge in [-0.25, -0.2) is 8.42 Å². The van der Waals surface area contributed by atoms with Crippen LogP contribution in [0.2, 0.25) is 0 Å². The fourth-order valence-corrected chi connectivity index (χ4v) is 2.79. The lowest BCUT2D eigenvalue weighted by atomic mass is 10.2. The molecule has 0 bridgehead atoms. The molecular formula is C14H20N2O4S. The third kappa shape index (κ3) is 4.80. The molecule has 1 aliphatic heterocycles. The van der Waals surface area contributed by atoms with Crippen LogP contribution in [0.1, 0.15) is 10.4 Å². The quantitative estimate of drug-likeness (QED) is 0.838. The third-order valence-electron chi connectivity index (χ3n) is 3.34. The Kier molecular flexibility index (Phi) is 5.33. The molecule has 1 aromatic rings. The molecule has 0 aromatic heterocycles. The standard InChI is InChI=1S/C14H20N2O4S/c1-21(18,19)13-4-2-3-12(11-13)14(17)15-5-6-16-7-9-20-10-8-16/h2-4,11H,5-10H2,1H3,(H,15,17). The van der Waals surface area contributed by atoms with Gasteiger partial charge in [-0.1, -0.05) is 6.07 Å². The van der Waals surface area contributed by atoms with E-state index >= 15 is 0 Å². The minimum absolute atomic E-state index is 0.156. The molecule has 6 nitrogen and oxygen atoms in total. The van der Waals surface area contributed by atoms with E-state index in [1.54, 1.807) is 12.1 Å². The van der Waals surface area contributed by atoms with Gasteiger partial charge in [-0.2, -0.15) is 0 Å². The number of ether oxygens (including phenoxy) is 1. The Morgan fingerprint density at radius 3 is 2.71 bits per heavy atom. The molecule has 0 saturated carbocycles.